The molecule has 1 fully saturated rings. The quantitative estimate of drug-likeness (QED) is 0.424. The first kappa shape index (κ1) is 18.7. The van der Waals surface area contributed by atoms with Gasteiger partial charge in [0.05, 0.1) is 16.4 Å². The number of benzene rings is 2. The number of nitrogens with zero attached hydrogens (tertiary/aromatic N) is 2. The van der Waals surface area contributed by atoms with Crippen LogP contribution in [0.1, 0.15) is 11.1 Å². The van der Waals surface area contributed by atoms with Gasteiger partial charge < -0.3 is 4.74 Å². The fraction of sp³-hybridized carbons (Fsp3) is 0.158. The van der Waals surface area contributed by atoms with Crippen molar-refractivity contribution < 1.29 is 19.2 Å². The number of hydrogen-bond acceptors (Lipinski definition) is 6. The first-order valence-corrected chi connectivity index (χ1v) is 8.95. The van der Waals surface area contributed by atoms with Crippen molar-refractivity contribution in [3.63, 3.8) is 0 Å². The molecular weight excluding hydrogens is 368 g/mol. The maximum absolute atomic E-state index is 12.5. The highest BCUT2D eigenvalue weighted by molar-refractivity contribution is 8.18. The molecule has 0 spiro atoms. The average Bonchev–Trinajstić information content (AvgIpc) is 2.91. The Morgan fingerprint density at radius 2 is 1.93 bits per heavy atom. The molecule has 0 unspecified atom stereocenters. The molecule has 3 rings (SSSR count). The molecule has 0 aromatic heterocycles. The number of aryl methyl sites for hydroxylation is 1. The van der Waals surface area contributed by atoms with Gasteiger partial charge in [-0.05, 0) is 42.5 Å². The van der Waals surface area contributed by atoms with Gasteiger partial charge in [-0.15, -0.1) is 0 Å². The molecule has 0 radical (unpaired) electrons. The highest BCUT2D eigenvalue weighted by atomic mass is 32.2. The Bertz CT molecular complexity index is 924. The van der Waals surface area contributed by atoms with Gasteiger partial charge in [0.15, 0.2) is 0 Å². The first-order valence-electron chi connectivity index (χ1n) is 8.13. The number of non-ortho nitro benzene ring substituents is 1. The molecule has 2 amide bonds. The minimum absolute atomic E-state index is 0.0746. The Morgan fingerprint density at radius 1 is 1.19 bits per heavy atom. The number of imide groups is 1. The van der Waals surface area contributed by atoms with Crippen LogP contribution in [0.4, 0.5) is 10.5 Å². The Balaban J connectivity index is 1.65. The highest BCUT2D eigenvalue weighted by Crippen LogP contribution is 2.32. The summed E-state index contributed by atoms with van der Waals surface area (Å²) >= 11 is 0.812. The number of carbonyl (C=O) groups excluding carboxylic acids is 2. The summed E-state index contributed by atoms with van der Waals surface area (Å²) in [5.74, 6) is 0.240. The lowest BCUT2D eigenvalue weighted by Crippen LogP contribution is -2.32. The van der Waals surface area contributed by atoms with Gasteiger partial charge in [-0.25, -0.2) is 0 Å². The fourth-order valence-corrected chi connectivity index (χ4v) is 3.33. The van der Waals surface area contributed by atoms with E-state index in [1.54, 1.807) is 6.07 Å². The molecule has 8 heteroatoms. The third-order valence-electron chi connectivity index (χ3n) is 3.86. The molecule has 7 nitrogen and oxygen atoms in total. The molecule has 1 saturated heterocycles. The summed E-state index contributed by atoms with van der Waals surface area (Å²) in [5.41, 5.74) is 1.53. The second-order valence-electron chi connectivity index (χ2n) is 5.85. The Hall–Kier alpha value is -3.13. The van der Waals surface area contributed by atoms with Crippen molar-refractivity contribution in [3.8, 4) is 5.75 Å². The number of nitro benzene ring substituents is 1. The zero-order valence-corrected chi connectivity index (χ0v) is 15.3. The lowest BCUT2D eigenvalue weighted by Gasteiger charge is -2.13. The van der Waals surface area contributed by atoms with E-state index < -0.39 is 10.8 Å². The number of thioether (sulfide) groups is 1. The van der Waals surface area contributed by atoms with Gasteiger partial charge in [-0.3, -0.25) is 24.6 Å². The zero-order chi connectivity index (χ0) is 19.4. The average molecular weight is 384 g/mol. The number of carbonyl (C=O) groups is 2. The van der Waals surface area contributed by atoms with Crippen molar-refractivity contribution in [2.45, 2.75) is 6.92 Å². The maximum Gasteiger partial charge on any atom is 0.293 e. The molecule has 27 heavy (non-hydrogen) atoms. The van der Waals surface area contributed by atoms with Crippen molar-refractivity contribution in [1.82, 2.24) is 4.90 Å². The van der Waals surface area contributed by atoms with Gasteiger partial charge in [0.2, 0.25) is 0 Å². The summed E-state index contributed by atoms with van der Waals surface area (Å²) in [4.78, 5) is 36.2. The molecule has 0 N–H and O–H groups in total. The predicted octanol–water partition coefficient (Wildman–Crippen LogP) is 4.02. The van der Waals surface area contributed by atoms with Crippen molar-refractivity contribution in [1.29, 1.82) is 0 Å². The molecule has 2 aromatic rings. The highest BCUT2D eigenvalue weighted by Gasteiger charge is 2.34. The number of hydrogen-bond donors (Lipinski definition) is 0. The summed E-state index contributed by atoms with van der Waals surface area (Å²) in [6, 6.07) is 13.4. The second kappa shape index (κ2) is 8.05. The summed E-state index contributed by atoms with van der Waals surface area (Å²) < 4.78 is 5.57. The van der Waals surface area contributed by atoms with Crippen LogP contribution in [0.5, 0.6) is 5.75 Å². The Morgan fingerprint density at radius 3 is 2.63 bits per heavy atom. The molecular formula is C19H16N2O5S. The molecule has 1 heterocycles. The van der Waals surface area contributed by atoms with Crippen LogP contribution in [-0.4, -0.2) is 34.1 Å². The minimum atomic E-state index is -0.508. The number of rotatable bonds is 6. The van der Waals surface area contributed by atoms with E-state index in [4.69, 9.17) is 4.74 Å². The molecule has 2 aromatic carbocycles. The van der Waals surface area contributed by atoms with Crippen LogP contribution in [0.25, 0.3) is 6.08 Å². The van der Waals surface area contributed by atoms with Crippen molar-refractivity contribution >= 4 is 34.7 Å². The summed E-state index contributed by atoms with van der Waals surface area (Å²) in [6.07, 6.45) is 1.48. The van der Waals surface area contributed by atoms with Crippen molar-refractivity contribution in [2.24, 2.45) is 0 Å². The van der Waals surface area contributed by atoms with Crippen LogP contribution in [0.15, 0.2) is 53.4 Å². The van der Waals surface area contributed by atoms with E-state index in [2.05, 4.69) is 0 Å². The van der Waals surface area contributed by atoms with Gasteiger partial charge in [0.25, 0.3) is 16.8 Å². The van der Waals surface area contributed by atoms with Crippen LogP contribution in [0.3, 0.4) is 0 Å². The van der Waals surface area contributed by atoms with Crippen LogP contribution < -0.4 is 4.74 Å². The third kappa shape index (κ3) is 4.53. The van der Waals surface area contributed by atoms with Gasteiger partial charge in [0, 0.05) is 12.1 Å². The zero-order valence-electron chi connectivity index (χ0n) is 14.5. The number of ether oxygens (including phenoxy) is 1. The fourth-order valence-electron chi connectivity index (χ4n) is 2.46. The molecule has 138 valence electrons. The van der Waals surface area contributed by atoms with E-state index in [1.807, 2.05) is 31.2 Å². The second-order valence-corrected chi connectivity index (χ2v) is 6.84. The summed E-state index contributed by atoms with van der Waals surface area (Å²) in [6.45, 7) is 2.29. The van der Waals surface area contributed by atoms with Crippen LogP contribution in [0.2, 0.25) is 0 Å². The molecule has 0 atom stereocenters. The minimum Gasteiger partial charge on any atom is -0.492 e. The van der Waals surface area contributed by atoms with Crippen LogP contribution >= 0.6 is 11.8 Å². The lowest BCUT2D eigenvalue weighted by atomic mass is 10.2. The predicted molar refractivity (Wildman–Crippen MR) is 102 cm³/mol. The smallest absolute Gasteiger partial charge is 0.293 e. The normalized spacial score (nSPS) is 15.4. The van der Waals surface area contributed by atoms with Crippen molar-refractivity contribution in [2.75, 3.05) is 13.2 Å². The SMILES string of the molecule is Cc1ccc(OCCN2C(=O)S/C(=C\c3cccc([N+](=O)[O-])c3)C2=O)cc1. The number of nitro groups is 1. The van der Waals surface area contributed by atoms with E-state index in [-0.39, 0.29) is 29.0 Å². The van der Waals surface area contributed by atoms with Gasteiger partial charge in [-0.2, -0.15) is 0 Å². The van der Waals surface area contributed by atoms with Crippen LogP contribution in [-0.2, 0) is 4.79 Å². The maximum atomic E-state index is 12.5. The van der Waals surface area contributed by atoms with E-state index in [0.717, 1.165) is 22.2 Å². The standard InChI is InChI=1S/C19H16N2O5S/c1-13-5-7-16(8-6-13)26-10-9-20-18(22)17(27-19(20)23)12-14-3-2-4-15(11-14)21(24)25/h2-8,11-12H,9-10H2,1H3/b17-12-. The Labute approximate surface area is 159 Å². The van der Waals surface area contributed by atoms with E-state index >= 15 is 0 Å². The number of amides is 2. The van der Waals surface area contributed by atoms with E-state index in [0.29, 0.717) is 11.3 Å². The first-order chi connectivity index (χ1) is 12.9. The van der Waals surface area contributed by atoms with Gasteiger partial charge in [-0.1, -0.05) is 29.8 Å². The molecule has 1 aliphatic heterocycles. The molecule has 1 aliphatic rings. The van der Waals surface area contributed by atoms with Gasteiger partial charge >= 0.3 is 0 Å². The molecule has 0 saturated carbocycles. The van der Waals surface area contributed by atoms with Crippen molar-refractivity contribution in [3.05, 3.63) is 74.7 Å². The molecule has 0 bridgehead atoms. The van der Waals surface area contributed by atoms with E-state index in [1.165, 1.54) is 24.3 Å². The monoisotopic (exact) mass is 384 g/mol. The lowest BCUT2D eigenvalue weighted by molar-refractivity contribution is -0.384. The summed E-state index contributed by atoms with van der Waals surface area (Å²) in [5, 5.41) is 10.5. The van der Waals surface area contributed by atoms with Crippen LogP contribution in [0, 0.1) is 17.0 Å². The third-order valence-corrected chi connectivity index (χ3v) is 4.76. The van der Waals surface area contributed by atoms with Gasteiger partial charge in [0.1, 0.15) is 12.4 Å². The largest absolute Gasteiger partial charge is 0.492 e. The summed E-state index contributed by atoms with van der Waals surface area (Å²) in [7, 11) is 0. The molecule has 0 aliphatic carbocycles. The van der Waals surface area contributed by atoms with E-state index in [9.17, 15) is 19.7 Å². The topological polar surface area (TPSA) is 89.8 Å². The Kier molecular flexibility index (Phi) is 5.56.